The highest BCUT2D eigenvalue weighted by atomic mass is 16.5. The van der Waals surface area contributed by atoms with Crippen LogP contribution in [-0.2, 0) is 23.2 Å². The number of likely N-dealkylation sites (tertiary alicyclic amines) is 1. The minimum atomic E-state index is -0.0212. The number of rotatable bonds is 6. The maximum Gasteiger partial charge on any atom is 0.231 e. The number of fused-ring (bicyclic) bond motifs is 2. The van der Waals surface area contributed by atoms with Gasteiger partial charge in [-0.2, -0.15) is 0 Å². The van der Waals surface area contributed by atoms with Gasteiger partial charge in [0.15, 0.2) is 0 Å². The molecule has 5 heteroatoms. The molecule has 1 spiro atoms. The number of nitrogens with zero attached hydrogens (tertiary/aromatic N) is 2. The Bertz CT molecular complexity index is 1140. The van der Waals surface area contributed by atoms with E-state index in [0.29, 0.717) is 6.42 Å². The molecule has 0 unspecified atom stereocenters. The number of hydrogen-bond donors (Lipinski definition) is 0. The number of hydrogen-bond acceptors (Lipinski definition) is 4. The highest BCUT2D eigenvalue weighted by Crippen LogP contribution is 2.48. The van der Waals surface area contributed by atoms with Crippen LogP contribution in [0, 0.1) is 0 Å². The summed E-state index contributed by atoms with van der Waals surface area (Å²) in [4.78, 5) is 18.0. The van der Waals surface area contributed by atoms with Gasteiger partial charge in [0, 0.05) is 24.2 Å². The van der Waals surface area contributed by atoms with E-state index in [-0.39, 0.29) is 11.3 Å². The molecular weight excluding hydrogens is 424 g/mol. The van der Waals surface area contributed by atoms with Gasteiger partial charge in [0.05, 0.1) is 20.6 Å². The van der Waals surface area contributed by atoms with Crippen LogP contribution in [0.2, 0.25) is 0 Å². The summed E-state index contributed by atoms with van der Waals surface area (Å²) >= 11 is 0. The number of anilines is 1. The molecule has 1 amide bonds. The molecule has 5 nitrogen and oxygen atoms in total. The minimum Gasteiger partial charge on any atom is -0.497 e. The number of methoxy groups -OCH3 is 2. The molecule has 0 aromatic heterocycles. The predicted molar refractivity (Wildman–Crippen MR) is 135 cm³/mol. The van der Waals surface area contributed by atoms with Crippen molar-refractivity contribution < 1.29 is 14.3 Å². The van der Waals surface area contributed by atoms with Crippen molar-refractivity contribution in [1.29, 1.82) is 0 Å². The van der Waals surface area contributed by atoms with Crippen LogP contribution >= 0.6 is 0 Å². The normalized spacial score (nSPS) is 16.9. The van der Waals surface area contributed by atoms with Crippen molar-refractivity contribution in [2.75, 3.05) is 38.8 Å². The van der Waals surface area contributed by atoms with E-state index in [9.17, 15) is 4.79 Å². The molecule has 0 saturated carbocycles. The van der Waals surface area contributed by atoms with Crippen molar-refractivity contribution in [3.05, 3.63) is 89.5 Å². The Morgan fingerprint density at radius 1 is 0.853 bits per heavy atom. The van der Waals surface area contributed by atoms with Crippen molar-refractivity contribution in [3.63, 3.8) is 0 Å². The third-order valence-corrected chi connectivity index (χ3v) is 7.40. The van der Waals surface area contributed by atoms with E-state index >= 15 is 0 Å². The van der Waals surface area contributed by atoms with Gasteiger partial charge >= 0.3 is 0 Å². The van der Waals surface area contributed by atoms with Crippen LogP contribution in [0.4, 0.5) is 5.69 Å². The van der Waals surface area contributed by atoms with Crippen LogP contribution in [-0.4, -0.2) is 44.7 Å². The Labute approximate surface area is 201 Å². The molecule has 0 radical (unpaired) electrons. The number of piperidine rings is 1. The average Bonchev–Trinajstić information content (AvgIpc) is 3.20. The third-order valence-electron chi connectivity index (χ3n) is 7.40. The van der Waals surface area contributed by atoms with E-state index in [0.717, 1.165) is 61.8 Å². The minimum absolute atomic E-state index is 0.0212. The SMILES string of the molecule is COc1ccc(CC(=O)N2CC3(CCN(Cc4ccccc4)CC3)c3cc(OC)ccc32)cc1. The quantitative estimate of drug-likeness (QED) is 0.533. The van der Waals surface area contributed by atoms with E-state index in [1.807, 2.05) is 35.2 Å². The largest absolute Gasteiger partial charge is 0.497 e. The summed E-state index contributed by atoms with van der Waals surface area (Å²) in [5, 5.41) is 0. The summed E-state index contributed by atoms with van der Waals surface area (Å²) in [6.07, 6.45) is 2.45. The van der Waals surface area contributed by atoms with Gasteiger partial charge in [-0.1, -0.05) is 42.5 Å². The van der Waals surface area contributed by atoms with Crippen molar-refractivity contribution in [1.82, 2.24) is 4.90 Å². The van der Waals surface area contributed by atoms with Gasteiger partial charge in [0.2, 0.25) is 5.91 Å². The first-order valence-electron chi connectivity index (χ1n) is 12.0. The lowest BCUT2D eigenvalue weighted by Crippen LogP contribution is -2.46. The summed E-state index contributed by atoms with van der Waals surface area (Å²) in [7, 11) is 3.36. The molecule has 3 aromatic rings. The van der Waals surface area contributed by atoms with E-state index in [1.165, 1.54) is 11.1 Å². The molecule has 0 atom stereocenters. The summed E-state index contributed by atoms with van der Waals surface area (Å²) < 4.78 is 10.8. The number of carbonyl (C=O) groups is 1. The zero-order valence-corrected chi connectivity index (χ0v) is 20.0. The van der Waals surface area contributed by atoms with Crippen molar-refractivity contribution >= 4 is 11.6 Å². The van der Waals surface area contributed by atoms with Crippen LogP contribution in [0.3, 0.4) is 0 Å². The van der Waals surface area contributed by atoms with Gasteiger partial charge < -0.3 is 14.4 Å². The molecule has 0 bridgehead atoms. The highest BCUT2D eigenvalue weighted by Gasteiger charge is 2.46. The Hall–Kier alpha value is -3.31. The number of ether oxygens (including phenoxy) is 2. The second-order valence-electron chi connectivity index (χ2n) is 9.43. The molecule has 176 valence electrons. The Morgan fingerprint density at radius 2 is 1.53 bits per heavy atom. The Balaban J connectivity index is 1.35. The second-order valence-corrected chi connectivity index (χ2v) is 9.43. The molecule has 2 aliphatic rings. The molecule has 1 saturated heterocycles. The topological polar surface area (TPSA) is 42.0 Å². The first kappa shape index (κ1) is 22.5. The smallest absolute Gasteiger partial charge is 0.231 e. The zero-order valence-electron chi connectivity index (χ0n) is 20.0. The average molecular weight is 457 g/mol. The van der Waals surface area contributed by atoms with Crippen LogP contribution < -0.4 is 14.4 Å². The van der Waals surface area contributed by atoms with Crippen molar-refractivity contribution in [3.8, 4) is 11.5 Å². The monoisotopic (exact) mass is 456 g/mol. The maximum atomic E-state index is 13.5. The standard InChI is InChI=1S/C29H32N2O3/c1-33-24-10-8-22(9-11-24)18-28(32)31-21-29(26-19-25(34-2)12-13-27(26)31)14-16-30(17-15-29)20-23-6-4-3-5-7-23/h3-13,19H,14-18,20-21H2,1-2H3. The first-order valence-corrected chi connectivity index (χ1v) is 12.0. The van der Waals surface area contributed by atoms with E-state index < -0.39 is 0 Å². The van der Waals surface area contributed by atoms with Gasteiger partial charge in [-0.05, 0) is 73.0 Å². The molecule has 2 heterocycles. The molecule has 2 aliphatic heterocycles. The van der Waals surface area contributed by atoms with Crippen molar-refractivity contribution in [2.45, 2.75) is 31.2 Å². The third kappa shape index (κ3) is 4.40. The molecule has 1 fully saturated rings. The fourth-order valence-electron chi connectivity index (χ4n) is 5.42. The summed E-state index contributed by atoms with van der Waals surface area (Å²) in [5.41, 5.74) is 4.62. The Kier molecular flexibility index (Phi) is 6.29. The second kappa shape index (κ2) is 9.51. The van der Waals surface area contributed by atoms with E-state index in [4.69, 9.17) is 9.47 Å². The lowest BCUT2D eigenvalue weighted by molar-refractivity contribution is -0.118. The maximum absolute atomic E-state index is 13.5. The molecule has 0 N–H and O–H groups in total. The lowest BCUT2D eigenvalue weighted by atomic mass is 9.74. The molecule has 5 rings (SSSR count). The number of carbonyl (C=O) groups excluding carboxylic acids is 1. The molecule has 34 heavy (non-hydrogen) atoms. The predicted octanol–water partition coefficient (Wildman–Crippen LogP) is 4.83. The van der Waals surface area contributed by atoms with Gasteiger partial charge in [0.25, 0.3) is 0 Å². The van der Waals surface area contributed by atoms with Gasteiger partial charge in [0.1, 0.15) is 11.5 Å². The number of amides is 1. The van der Waals surface area contributed by atoms with Crippen LogP contribution in [0.15, 0.2) is 72.8 Å². The molecule has 3 aromatic carbocycles. The zero-order chi connectivity index (χ0) is 23.5. The molecule has 0 aliphatic carbocycles. The van der Waals surface area contributed by atoms with Crippen LogP contribution in [0.1, 0.15) is 29.5 Å². The summed E-state index contributed by atoms with van der Waals surface area (Å²) in [6, 6.07) is 24.6. The summed E-state index contributed by atoms with van der Waals surface area (Å²) in [6.45, 7) is 3.75. The highest BCUT2D eigenvalue weighted by molar-refractivity contribution is 5.97. The van der Waals surface area contributed by atoms with Crippen LogP contribution in [0.5, 0.6) is 11.5 Å². The summed E-state index contributed by atoms with van der Waals surface area (Å²) in [5.74, 6) is 1.80. The fourth-order valence-corrected chi connectivity index (χ4v) is 5.42. The van der Waals surface area contributed by atoms with Crippen molar-refractivity contribution in [2.24, 2.45) is 0 Å². The van der Waals surface area contributed by atoms with Gasteiger partial charge in [-0.15, -0.1) is 0 Å². The first-order chi connectivity index (χ1) is 16.6. The van der Waals surface area contributed by atoms with Gasteiger partial charge in [-0.3, -0.25) is 9.69 Å². The molecular formula is C29H32N2O3. The lowest BCUT2D eigenvalue weighted by Gasteiger charge is -2.40. The van der Waals surface area contributed by atoms with E-state index in [1.54, 1.807) is 14.2 Å². The van der Waals surface area contributed by atoms with Crippen LogP contribution in [0.25, 0.3) is 0 Å². The Morgan fingerprint density at radius 3 is 2.21 bits per heavy atom. The number of benzene rings is 3. The van der Waals surface area contributed by atoms with Gasteiger partial charge in [-0.25, -0.2) is 0 Å². The van der Waals surface area contributed by atoms with E-state index in [2.05, 4.69) is 47.4 Å². The fraction of sp³-hybridized carbons (Fsp3) is 0.345.